The van der Waals surface area contributed by atoms with Crippen molar-refractivity contribution >= 4 is 11.8 Å². The van der Waals surface area contributed by atoms with E-state index in [0.717, 1.165) is 11.1 Å². The van der Waals surface area contributed by atoms with Gasteiger partial charge in [-0.05, 0) is 43.2 Å². The number of nitriles is 1. The van der Waals surface area contributed by atoms with E-state index in [0.29, 0.717) is 17.4 Å². The van der Waals surface area contributed by atoms with Crippen molar-refractivity contribution in [2.24, 2.45) is 7.05 Å². The molecule has 0 bridgehead atoms. The molecular weight excluding hydrogens is 335 g/mol. The zero-order valence-corrected chi connectivity index (χ0v) is 14.8. The van der Waals surface area contributed by atoms with Gasteiger partial charge in [-0.3, -0.25) is 0 Å². The van der Waals surface area contributed by atoms with Crippen molar-refractivity contribution in [3.63, 3.8) is 0 Å². The Morgan fingerprint density at radius 3 is 2.44 bits per heavy atom. The van der Waals surface area contributed by atoms with E-state index in [1.165, 1.54) is 29.5 Å². The maximum Gasteiger partial charge on any atom is 0.192 e. The molecule has 126 valence electrons. The van der Waals surface area contributed by atoms with Gasteiger partial charge in [-0.2, -0.15) is 5.26 Å². The minimum absolute atomic E-state index is 0.258. The lowest BCUT2D eigenvalue weighted by Crippen LogP contribution is -2.06. The van der Waals surface area contributed by atoms with Crippen LogP contribution in [0.4, 0.5) is 4.39 Å². The summed E-state index contributed by atoms with van der Waals surface area (Å²) >= 11 is 1.39. The third-order valence-corrected chi connectivity index (χ3v) is 4.99. The molecule has 0 N–H and O–H groups in total. The first-order valence-corrected chi connectivity index (χ1v) is 8.72. The molecule has 0 saturated carbocycles. The minimum Gasteiger partial charge on any atom is -0.305 e. The van der Waals surface area contributed by atoms with Crippen LogP contribution < -0.4 is 0 Å². The SMILES string of the molecule is Cc1ccc(C[C@@H](C#N)Sc2nnc(-c3ccc(F)cc3)n2C)cc1. The predicted octanol–water partition coefficient (Wildman–Crippen LogP) is 4.16. The normalized spacial score (nSPS) is 11.9. The summed E-state index contributed by atoms with van der Waals surface area (Å²) in [5.41, 5.74) is 3.10. The molecule has 3 rings (SSSR count). The van der Waals surface area contributed by atoms with E-state index in [4.69, 9.17) is 0 Å². The van der Waals surface area contributed by atoms with Crippen LogP contribution in [0.25, 0.3) is 11.4 Å². The third-order valence-electron chi connectivity index (χ3n) is 3.87. The average Bonchev–Trinajstić information content (AvgIpc) is 2.97. The highest BCUT2D eigenvalue weighted by Crippen LogP contribution is 2.27. The number of hydrogen-bond acceptors (Lipinski definition) is 4. The summed E-state index contributed by atoms with van der Waals surface area (Å²) in [5, 5.41) is 18.3. The van der Waals surface area contributed by atoms with E-state index in [-0.39, 0.29) is 11.1 Å². The zero-order chi connectivity index (χ0) is 17.8. The Balaban J connectivity index is 1.76. The average molecular weight is 352 g/mol. The van der Waals surface area contributed by atoms with Crippen LogP contribution >= 0.6 is 11.8 Å². The van der Waals surface area contributed by atoms with E-state index in [2.05, 4.69) is 16.3 Å². The molecule has 3 aromatic rings. The highest BCUT2D eigenvalue weighted by Gasteiger charge is 2.17. The van der Waals surface area contributed by atoms with Gasteiger partial charge in [-0.1, -0.05) is 41.6 Å². The fraction of sp³-hybridized carbons (Fsp3) is 0.211. The molecule has 0 fully saturated rings. The second-order valence-corrected chi connectivity index (χ2v) is 6.97. The molecule has 0 aliphatic rings. The Kier molecular flexibility index (Phi) is 5.15. The van der Waals surface area contributed by atoms with Crippen LogP contribution in [-0.4, -0.2) is 20.0 Å². The molecule has 1 atom stereocenters. The first kappa shape index (κ1) is 17.2. The van der Waals surface area contributed by atoms with Gasteiger partial charge in [0.15, 0.2) is 11.0 Å². The number of hydrogen-bond donors (Lipinski definition) is 0. The zero-order valence-electron chi connectivity index (χ0n) is 14.0. The number of aryl methyl sites for hydroxylation is 1. The fourth-order valence-corrected chi connectivity index (χ4v) is 3.36. The second-order valence-electron chi connectivity index (χ2n) is 5.80. The van der Waals surface area contributed by atoms with Crippen molar-refractivity contribution < 1.29 is 4.39 Å². The van der Waals surface area contributed by atoms with Crippen molar-refractivity contribution in [1.82, 2.24) is 14.8 Å². The van der Waals surface area contributed by atoms with E-state index in [1.807, 2.05) is 42.8 Å². The maximum atomic E-state index is 13.1. The maximum absolute atomic E-state index is 13.1. The highest BCUT2D eigenvalue weighted by atomic mass is 32.2. The van der Waals surface area contributed by atoms with Crippen LogP contribution in [0, 0.1) is 24.1 Å². The van der Waals surface area contributed by atoms with Crippen molar-refractivity contribution in [1.29, 1.82) is 5.26 Å². The Morgan fingerprint density at radius 1 is 1.12 bits per heavy atom. The van der Waals surface area contributed by atoms with E-state index >= 15 is 0 Å². The lowest BCUT2D eigenvalue weighted by Gasteiger charge is -2.09. The summed E-state index contributed by atoms with van der Waals surface area (Å²) in [6, 6.07) is 16.6. The number of benzene rings is 2. The molecule has 0 saturated heterocycles. The number of nitrogens with zero attached hydrogens (tertiary/aromatic N) is 4. The summed E-state index contributed by atoms with van der Waals surface area (Å²) < 4.78 is 14.9. The molecule has 4 nitrogen and oxygen atoms in total. The molecule has 0 aliphatic heterocycles. The fourth-order valence-electron chi connectivity index (χ4n) is 2.45. The van der Waals surface area contributed by atoms with Gasteiger partial charge in [0, 0.05) is 12.6 Å². The van der Waals surface area contributed by atoms with Gasteiger partial charge >= 0.3 is 0 Å². The Bertz CT molecular complexity index is 895. The minimum atomic E-state index is -0.289. The molecule has 25 heavy (non-hydrogen) atoms. The Morgan fingerprint density at radius 2 is 1.80 bits per heavy atom. The Hall–Kier alpha value is -2.65. The summed E-state index contributed by atoms with van der Waals surface area (Å²) in [5.74, 6) is 0.359. The third kappa shape index (κ3) is 4.06. The van der Waals surface area contributed by atoms with Gasteiger partial charge < -0.3 is 4.57 Å². The van der Waals surface area contributed by atoms with Gasteiger partial charge in [0.25, 0.3) is 0 Å². The summed E-state index contributed by atoms with van der Waals surface area (Å²) in [6.07, 6.45) is 0.639. The molecule has 1 heterocycles. The van der Waals surface area contributed by atoms with Crippen LogP contribution in [-0.2, 0) is 13.5 Å². The quantitative estimate of drug-likeness (QED) is 0.647. The number of rotatable bonds is 5. The van der Waals surface area contributed by atoms with Crippen LogP contribution in [0.2, 0.25) is 0 Å². The molecule has 0 unspecified atom stereocenters. The summed E-state index contributed by atoms with van der Waals surface area (Å²) in [6.45, 7) is 2.04. The predicted molar refractivity (Wildman–Crippen MR) is 96.5 cm³/mol. The van der Waals surface area contributed by atoms with Crippen LogP contribution in [0.15, 0.2) is 53.7 Å². The summed E-state index contributed by atoms with van der Waals surface area (Å²) in [7, 11) is 1.85. The standard InChI is InChI=1S/C19H17FN4S/c1-13-3-5-14(6-4-13)11-17(12-21)25-19-23-22-18(24(19)2)15-7-9-16(20)10-8-15/h3-10,17H,11H2,1-2H3/t17-/m0/s1. The van der Waals surface area contributed by atoms with Gasteiger partial charge in [0.05, 0.1) is 6.07 Å². The van der Waals surface area contributed by atoms with Crippen molar-refractivity contribution in [2.45, 2.75) is 23.8 Å². The Labute approximate surface area is 150 Å². The monoisotopic (exact) mass is 352 g/mol. The number of halogens is 1. The van der Waals surface area contributed by atoms with Gasteiger partial charge in [0.2, 0.25) is 0 Å². The van der Waals surface area contributed by atoms with Crippen LogP contribution in [0.3, 0.4) is 0 Å². The second kappa shape index (κ2) is 7.49. The number of aromatic nitrogens is 3. The van der Waals surface area contributed by atoms with E-state index < -0.39 is 0 Å². The molecule has 6 heteroatoms. The number of thioether (sulfide) groups is 1. The van der Waals surface area contributed by atoms with Crippen molar-refractivity contribution in [2.75, 3.05) is 0 Å². The topological polar surface area (TPSA) is 54.5 Å². The smallest absolute Gasteiger partial charge is 0.192 e. The van der Waals surface area contributed by atoms with Crippen molar-refractivity contribution in [3.8, 4) is 17.5 Å². The lowest BCUT2D eigenvalue weighted by atomic mass is 10.1. The van der Waals surface area contributed by atoms with Gasteiger partial charge in [0.1, 0.15) is 11.1 Å². The molecule has 2 aromatic carbocycles. The van der Waals surface area contributed by atoms with Crippen LogP contribution in [0.1, 0.15) is 11.1 Å². The van der Waals surface area contributed by atoms with Gasteiger partial charge in [-0.25, -0.2) is 4.39 Å². The van der Waals surface area contributed by atoms with Crippen molar-refractivity contribution in [3.05, 3.63) is 65.5 Å². The van der Waals surface area contributed by atoms with Gasteiger partial charge in [-0.15, -0.1) is 10.2 Å². The van der Waals surface area contributed by atoms with E-state index in [9.17, 15) is 9.65 Å². The molecular formula is C19H17FN4S. The van der Waals surface area contributed by atoms with Crippen LogP contribution in [0.5, 0.6) is 0 Å². The molecule has 0 amide bonds. The molecule has 0 radical (unpaired) electrons. The summed E-state index contributed by atoms with van der Waals surface area (Å²) in [4.78, 5) is 0. The first-order valence-electron chi connectivity index (χ1n) is 7.84. The highest BCUT2D eigenvalue weighted by molar-refractivity contribution is 8.00. The lowest BCUT2D eigenvalue weighted by molar-refractivity contribution is 0.628. The molecule has 0 aliphatic carbocycles. The largest absolute Gasteiger partial charge is 0.305 e. The molecule has 0 spiro atoms. The molecule has 1 aromatic heterocycles. The first-order chi connectivity index (χ1) is 12.1. The van der Waals surface area contributed by atoms with E-state index in [1.54, 1.807) is 12.1 Å².